The zero-order chi connectivity index (χ0) is 16.6. The monoisotopic (exact) mass is 332 g/mol. The van der Waals surface area contributed by atoms with Crippen LogP contribution in [0.5, 0.6) is 0 Å². The van der Waals surface area contributed by atoms with Crippen LogP contribution in [-0.4, -0.2) is 62.1 Å². The molecule has 1 spiro atoms. The van der Waals surface area contributed by atoms with E-state index in [0.29, 0.717) is 57.9 Å². The molecule has 0 saturated carbocycles. The Hall–Kier alpha value is -2.12. The van der Waals surface area contributed by atoms with Gasteiger partial charge in [0.2, 0.25) is 0 Å². The zero-order valence-electron chi connectivity index (χ0n) is 13.4. The fraction of sp³-hybridized carbons (Fsp3) is 0.529. The normalized spacial score (nSPS) is 22.9. The molecule has 1 aromatic rings. The minimum Gasteiger partial charge on any atom is -0.447 e. The first-order valence-corrected chi connectivity index (χ1v) is 8.28. The van der Waals surface area contributed by atoms with Crippen LogP contribution in [0.2, 0.25) is 0 Å². The number of piperidine rings is 1. The molecule has 0 atom stereocenters. The molecule has 0 radical (unpaired) electrons. The second kappa shape index (κ2) is 6.07. The second-order valence-corrected chi connectivity index (χ2v) is 6.21. The van der Waals surface area contributed by atoms with E-state index in [9.17, 15) is 9.59 Å². The van der Waals surface area contributed by atoms with Crippen molar-refractivity contribution >= 4 is 17.7 Å². The van der Waals surface area contributed by atoms with Crippen molar-refractivity contribution in [1.29, 1.82) is 0 Å². The third-order valence-corrected chi connectivity index (χ3v) is 4.81. The number of cyclic esters (lactones) is 1. The van der Waals surface area contributed by atoms with Gasteiger partial charge in [0.05, 0.1) is 19.8 Å². The first-order chi connectivity index (χ1) is 11.7. The summed E-state index contributed by atoms with van der Waals surface area (Å²) in [6.45, 7) is 3.46. The Labute approximate surface area is 140 Å². The number of amides is 2. The molecule has 2 amide bonds. The Kier molecular flexibility index (Phi) is 3.90. The summed E-state index contributed by atoms with van der Waals surface area (Å²) in [6, 6.07) is 7.09. The summed E-state index contributed by atoms with van der Waals surface area (Å²) < 4.78 is 16.3. The highest BCUT2D eigenvalue weighted by Crippen LogP contribution is 2.31. The summed E-state index contributed by atoms with van der Waals surface area (Å²) in [6.07, 6.45) is 1.07. The van der Waals surface area contributed by atoms with Crippen LogP contribution in [0.1, 0.15) is 23.2 Å². The smallest absolute Gasteiger partial charge is 0.414 e. The molecular formula is C17H20N2O5. The Morgan fingerprint density at radius 2 is 1.62 bits per heavy atom. The van der Waals surface area contributed by atoms with Crippen molar-refractivity contribution < 1.29 is 23.8 Å². The average molecular weight is 332 g/mol. The number of rotatable bonds is 2. The number of likely N-dealkylation sites (tertiary alicyclic amines) is 1. The molecule has 3 heterocycles. The van der Waals surface area contributed by atoms with Gasteiger partial charge >= 0.3 is 6.09 Å². The summed E-state index contributed by atoms with van der Waals surface area (Å²) in [5.74, 6) is -0.477. The fourth-order valence-electron chi connectivity index (χ4n) is 3.43. The van der Waals surface area contributed by atoms with Gasteiger partial charge in [-0.15, -0.1) is 0 Å². The highest BCUT2D eigenvalue weighted by molar-refractivity contribution is 5.95. The average Bonchev–Trinajstić information content (AvgIpc) is 3.25. The SMILES string of the molecule is O=C(c1ccc(N2CCOC2=O)cc1)N1CCC2(CC1)OCCO2. The maximum absolute atomic E-state index is 12.6. The van der Waals surface area contributed by atoms with E-state index >= 15 is 0 Å². The van der Waals surface area contributed by atoms with Crippen molar-refractivity contribution in [2.75, 3.05) is 44.4 Å². The summed E-state index contributed by atoms with van der Waals surface area (Å²) in [7, 11) is 0. The van der Waals surface area contributed by atoms with Crippen LogP contribution in [0.3, 0.4) is 0 Å². The largest absolute Gasteiger partial charge is 0.447 e. The molecule has 3 aliphatic rings. The second-order valence-electron chi connectivity index (χ2n) is 6.21. The summed E-state index contributed by atoms with van der Waals surface area (Å²) in [5.41, 5.74) is 1.37. The Morgan fingerprint density at radius 1 is 0.958 bits per heavy atom. The lowest BCUT2D eigenvalue weighted by Crippen LogP contribution is -2.47. The van der Waals surface area contributed by atoms with Gasteiger partial charge in [0.1, 0.15) is 6.61 Å². The number of nitrogens with zero attached hydrogens (tertiary/aromatic N) is 2. The van der Waals surface area contributed by atoms with E-state index in [1.54, 1.807) is 29.2 Å². The van der Waals surface area contributed by atoms with Gasteiger partial charge in [0, 0.05) is 37.2 Å². The molecule has 0 N–H and O–H groups in total. The van der Waals surface area contributed by atoms with Crippen molar-refractivity contribution in [3.63, 3.8) is 0 Å². The molecule has 3 aliphatic heterocycles. The molecule has 3 fully saturated rings. The Bertz CT molecular complexity index is 629. The molecule has 3 saturated heterocycles. The molecule has 7 heteroatoms. The van der Waals surface area contributed by atoms with Crippen molar-refractivity contribution in [2.45, 2.75) is 18.6 Å². The van der Waals surface area contributed by atoms with E-state index in [-0.39, 0.29) is 12.0 Å². The van der Waals surface area contributed by atoms with Gasteiger partial charge in [0.25, 0.3) is 5.91 Å². The molecule has 0 aliphatic carbocycles. The van der Waals surface area contributed by atoms with Crippen LogP contribution >= 0.6 is 0 Å². The molecule has 7 nitrogen and oxygen atoms in total. The van der Waals surface area contributed by atoms with Gasteiger partial charge in [-0.3, -0.25) is 9.69 Å². The van der Waals surface area contributed by atoms with Crippen LogP contribution in [0.25, 0.3) is 0 Å². The fourth-order valence-corrected chi connectivity index (χ4v) is 3.43. The van der Waals surface area contributed by atoms with Crippen LogP contribution < -0.4 is 4.90 Å². The van der Waals surface area contributed by atoms with E-state index in [0.717, 1.165) is 5.69 Å². The third-order valence-electron chi connectivity index (χ3n) is 4.81. The lowest BCUT2D eigenvalue weighted by atomic mass is 10.0. The van der Waals surface area contributed by atoms with E-state index < -0.39 is 5.79 Å². The van der Waals surface area contributed by atoms with Crippen molar-refractivity contribution in [3.05, 3.63) is 29.8 Å². The van der Waals surface area contributed by atoms with E-state index in [2.05, 4.69) is 0 Å². The van der Waals surface area contributed by atoms with Crippen molar-refractivity contribution in [1.82, 2.24) is 4.90 Å². The van der Waals surface area contributed by atoms with E-state index in [1.807, 2.05) is 4.90 Å². The molecule has 1 aromatic carbocycles. The molecule has 4 rings (SSSR count). The standard InChI is InChI=1S/C17H20N2O5/c20-15(18-7-5-17(6-8-18)23-11-12-24-17)13-1-3-14(4-2-13)19-9-10-22-16(19)21/h1-4H,5-12H2. The van der Waals surface area contributed by atoms with Crippen molar-refractivity contribution in [2.24, 2.45) is 0 Å². The topological polar surface area (TPSA) is 68.3 Å². The van der Waals surface area contributed by atoms with E-state index in [4.69, 9.17) is 14.2 Å². The molecular weight excluding hydrogens is 312 g/mol. The summed E-state index contributed by atoms with van der Waals surface area (Å²) >= 11 is 0. The highest BCUT2D eigenvalue weighted by Gasteiger charge is 2.40. The number of carbonyl (C=O) groups is 2. The first-order valence-electron chi connectivity index (χ1n) is 8.28. The van der Waals surface area contributed by atoms with E-state index in [1.165, 1.54) is 0 Å². The number of carbonyl (C=O) groups excluding carboxylic acids is 2. The Balaban J connectivity index is 1.40. The number of anilines is 1. The lowest BCUT2D eigenvalue weighted by molar-refractivity contribution is -0.181. The number of hydrogen-bond donors (Lipinski definition) is 0. The summed E-state index contributed by atoms with van der Waals surface area (Å²) in [5, 5.41) is 0. The lowest BCUT2D eigenvalue weighted by Gasteiger charge is -2.37. The van der Waals surface area contributed by atoms with Crippen LogP contribution in [0, 0.1) is 0 Å². The maximum atomic E-state index is 12.6. The van der Waals surface area contributed by atoms with Gasteiger partial charge in [0.15, 0.2) is 5.79 Å². The van der Waals surface area contributed by atoms with Gasteiger partial charge in [-0.2, -0.15) is 0 Å². The van der Waals surface area contributed by atoms with Crippen LogP contribution in [0.4, 0.5) is 10.5 Å². The van der Waals surface area contributed by atoms with Crippen molar-refractivity contribution in [3.8, 4) is 0 Å². The minimum absolute atomic E-state index is 0.00149. The molecule has 128 valence electrons. The number of hydrogen-bond acceptors (Lipinski definition) is 5. The van der Waals surface area contributed by atoms with Crippen LogP contribution in [0.15, 0.2) is 24.3 Å². The predicted molar refractivity (Wildman–Crippen MR) is 84.9 cm³/mol. The molecule has 0 aromatic heterocycles. The molecule has 24 heavy (non-hydrogen) atoms. The zero-order valence-corrected chi connectivity index (χ0v) is 13.4. The van der Waals surface area contributed by atoms with Gasteiger partial charge in [-0.05, 0) is 24.3 Å². The molecule has 0 unspecified atom stereocenters. The van der Waals surface area contributed by atoms with Gasteiger partial charge < -0.3 is 19.1 Å². The highest BCUT2D eigenvalue weighted by atomic mass is 16.7. The van der Waals surface area contributed by atoms with Gasteiger partial charge in [-0.25, -0.2) is 4.79 Å². The summed E-state index contributed by atoms with van der Waals surface area (Å²) in [4.78, 5) is 27.6. The maximum Gasteiger partial charge on any atom is 0.414 e. The number of benzene rings is 1. The Morgan fingerprint density at radius 3 is 2.21 bits per heavy atom. The minimum atomic E-state index is -0.475. The first kappa shape index (κ1) is 15.4. The predicted octanol–water partition coefficient (Wildman–Crippen LogP) is 1.62. The number of ether oxygens (including phenoxy) is 3. The quantitative estimate of drug-likeness (QED) is 0.823. The molecule has 0 bridgehead atoms. The third kappa shape index (κ3) is 2.74. The van der Waals surface area contributed by atoms with Gasteiger partial charge in [-0.1, -0.05) is 0 Å². The van der Waals surface area contributed by atoms with Crippen LogP contribution in [-0.2, 0) is 14.2 Å².